The lowest BCUT2D eigenvalue weighted by Gasteiger charge is -2.34. The fourth-order valence-electron chi connectivity index (χ4n) is 3.74. The average Bonchev–Trinajstić information content (AvgIpc) is 3.28. The topological polar surface area (TPSA) is 61.5 Å². The number of anilines is 1. The molecular formula is C23H25ClN4O2. The summed E-state index contributed by atoms with van der Waals surface area (Å²) in [6.45, 7) is 2.94. The number of hydrogen-bond donors (Lipinski definition) is 1. The Labute approximate surface area is 181 Å². The summed E-state index contributed by atoms with van der Waals surface area (Å²) in [6.07, 6.45) is 1.18. The maximum absolute atomic E-state index is 12.7. The maximum Gasteiger partial charge on any atom is 0.223 e. The van der Waals surface area contributed by atoms with Crippen molar-refractivity contribution in [2.24, 2.45) is 0 Å². The van der Waals surface area contributed by atoms with Gasteiger partial charge in [0.2, 0.25) is 5.91 Å². The van der Waals surface area contributed by atoms with Gasteiger partial charge in [-0.25, -0.2) is 0 Å². The number of benzene rings is 2. The number of amides is 1. The van der Waals surface area contributed by atoms with E-state index in [1.165, 1.54) is 0 Å². The predicted molar refractivity (Wildman–Crippen MR) is 119 cm³/mol. The van der Waals surface area contributed by atoms with E-state index < -0.39 is 0 Å². The highest BCUT2D eigenvalue weighted by atomic mass is 35.5. The number of aromatic amines is 1. The Morgan fingerprint density at radius 1 is 1.10 bits per heavy atom. The molecule has 2 heterocycles. The van der Waals surface area contributed by atoms with Crippen LogP contribution in [0.15, 0.2) is 54.6 Å². The Morgan fingerprint density at radius 2 is 1.83 bits per heavy atom. The van der Waals surface area contributed by atoms with Crippen LogP contribution in [0.5, 0.6) is 5.75 Å². The molecule has 1 amide bonds. The van der Waals surface area contributed by atoms with Crippen molar-refractivity contribution in [3.8, 4) is 17.0 Å². The smallest absolute Gasteiger partial charge is 0.223 e. The lowest BCUT2D eigenvalue weighted by Crippen LogP contribution is -2.49. The molecule has 1 N–H and O–H groups in total. The number of aromatic nitrogens is 2. The van der Waals surface area contributed by atoms with Crippen molar-refractivity contribution in [1.82, 2.24) is 15.1 Å². The van der Waals surface area contributed by atoms with E-state index in [0.29, 0.717) is 31.0 Å². The zero-order chi connectivity index (χ0) is 20.9. The standard InChI is InChI=1S/C23H25ClN4O2/c1-30-21-5-3-2-4-18(21)8-11-23(29)28-14-12-27(13-15-28)22-16-20(25-26-22)17-6-9-19(24)10-7-17/h2-7,9-10,16H,8,11-15H2,1H3,(H,25,26). The van der Waals surface area contributed by atoms with E-state index >= 15 is 0 Å². The fourth-order valence-corrected chi connectivity index (χ4v) is 3.87. The molecule has 0 bridgehead atoms. The molecule has 0 radical (unpaired) electrons. The molecular weight excluding hydrogens is 400 g/mol. The van der Waals surface area contributed by atoms with Gasteiger partial charge in [-0.1, -0.05) is 41.9 Å². The zero-order valence-corrected chi connectivity index (χ0v) is 17.7. The molecule has 2 aromatic carbocycles. The molecule has 156 valence electrons. The van der Waals surface area contributed by atoms with Crippen LogP contribution in [-0.4, -0.2) is 54.3 Å². The van der Waals surface area contributed by atoms with Gasteiger partial charge < -0.3 is 14.5 Å². The molecule has 0 aliphatic carbocycles. The number of para-hydroxylation sites is 1. The van der Waals surface area contributed by atoms with E-state index in [4.69, 9.17) is 16.3 Å². The molecule has 1 fully saturated rings. The number of nitrogens with one attached hydrogen (secondary N) is 1. The first-order chi connectivity index (χ1) is 14.6. The minimum absolute atomic E-state index is 0.185. The first-order valence-corrected chi connectivity index (χ1v) is 10.5. The van der Waals surface area contributed by atoms with Gasteiger partial charge in [0.25, 0.3) is 0 Å². The Hall–Kier alpha value is -2.99. The molecule has 0 atom stereocenters. The van der Waals surface area contributed by atoms with E-state index in [-0.39, 0.29) is 5.91 Å². The summed E-state index contributed by atoms with van der Waals surface area (Å²) in [5.41, 5.74) is 3.07. The van der Waals surface area contributed by atoms with Crippen molar-refractivity contribution in [1.29, 1.82) is 0 Å². The molecule has 1 aromatic heterocycles. The van der Waals surface area contributed by atoms with Gasteiger partial charge in [0.05, 0.1) is 12.8 Å². The molecule has 4 rings (SSSR count). The van der Waals surface area contributed by atoms with Crippen LogP contribution in [0.4, 0.5) is 5.82 Å². The fraction of sp³-hybridized carbons (Fsp3) is 0.304. The number of halogens is 1. The van der Waals surface area contributed by atoms with E-state index in [2.05, 4.69) is 15.1 Å². The summed E-state index contributed by atoms with van der Waals surface area (Å²) in [5.74, 6) is 1.93. The van der Waals surface area contributed by atoms with Crippen LogP contribution in [0.3, 0.4) is 0 Å². The van der Waals surface area contributed by atoms with Crippen LogP contribution in [-0.2, 0) is 11.2 Å². The van der Waals surface area contributed by atoms with Crippen molar-refractivity contribution in [3.63, 3.8) is 0 Å². The molecule has 1 aliphatic rings. The van der Waals surface area contributed by atoms with Crippen LogP contribution in [0.1, 0.15) is 12.0 Å². The molecule has 7 heteroatoms. The molecule has 0 unspecified atom stereocenters. The number of ether oxygens (including phenoxy) is 1. The lowest BCUT2D eigenvalue weighted by molar-refractivity contribution is -0.131. The maximum atomic E-state index is 12.7. The van der Waals surface area contributed by atoms with Crippen molar-refractivity contribution < 1.29 is 9.53 Å². The van der Waals surface area contributed by atoms with Gasteiger partial charge in [-0.3, -0.25) is 9.89 Å². The monoisotopic (exact) mass is 424 g/mol. The SMILES string of the molecule is COc1ccccc1CCC(=O)N1CCN(c2cc(-c3ccc(Cl)cc3)[nH]n2)CC1. The molecule has 1 saturated heterocycles. The van der Waals surface area contributed by atoms with Gasteiger partial charge in [0, 0.05) is 43.7 Å². The van der Waals surface area contributed by atoms with Gasteiger partial charge in [-0.15, -0.1) is 0 Å². The first-order valence-electron chi connectivity index (χ1n) is 10.1. The van der Waals surface area contributed by atoms with E-state index in [1.54, 1.807) is 7.11 Å². The minimum atomic E-state index is 0.185. The Morgan fingerprint density at radius 3 is 2.57 bits per heavy atom. The lowest BCUT2D eigenvalue weighted by atomic mass is 10.1. The third kappa shape index (κ3) is 4.60. The van der Waals surface area contributed by atoms with E-state index in [1.807, 2.05) is 59.5 Å². The molecule has 6 nitrogen and oxygen atoms in total. The third-order valence-corrected chi connectivity index (χ3v) is 5.73. The number of hydrogen-bond acceptors (Lipinski definition) is 4. The van der Waals surface area contributed by atoms with Crippen LogP contribution in [0.2, 0.25) is 5.02 Å². The van der Waals surface area contributed by atoms with Gasteiger partial charge in [-0.2, -0.15) is 5.10 Å². The number of carbonyl (C=O) groups excluding carboxylic acids is 1. The van der Waals surface area contributed by atoms with E-state index in [0.717, 1.165) is 41.5 Å². The van der Waals surface area contributed by atoms with Crippen LogP contribution in [0.25, 0.3) is 11.3 Å². The number of carbonyl (C=O) groups is 1. The highest BCUT2D eigenvalue weighted by Crippen LogP contribution is 2.24. The number of aryl methyl sites for hydroxylation is 1. The Kier molecular flexibility index (Phi) is 6.23. The van der Waals surface area contributed by atoms with Crippen molar-refractivity contribution in [3.05, 3.63) is 65.2 Å². The van der Waals surface area contributed by atoms with Gasteiger partial charge >= 0.3 is 0 Å². The summed E-state index contributed by atoms with van der Waals surface area (Å²) in [5, 5.41) is 8.26. The van der Waals surface area contributed by atoms with Crippen LogP contribution >= 0.6 is 11.6 Å². The summed E-state index contributed by atoms with van der Waals surface area (Å²) < 4.78 is 5.38. The number of piperazine rings is 1. The minimum Gasteiger partial charge on any atom is -0.496 e. The van der Waals surface area contributed by atoms with Crippen molar-refractivity contribution in [2.75, 3.05) is 38.2 Å². The van der Waals surface area contributed by atoms with E-state index in [9.17, 15) is 4.79 Å². The number of H-pyrrole nitrogens is 1. The molecule has 1 aliphatic heterocycles. The summed E-state index contributed by atoms with van der Waals surface area (Å²) in [4.78, 5) is 16.8. The molecule has 30 heavy (non-hydrogen) atoms. The average molecular weight is 425 g/mol. The number of nitrogens with zero attached hydrogens (tertiary/aromatic N) is 3. The predicted octanol–water partition coefficient (Wildman–Crippen LogP) is 4.02. The van der Waals surface area contributed by atoms with Crippen LogP contribution in [0, 0.1) is 0 Å². The summed E-state index contributed by atoms with van der Waals surface area (Å²) in [6, 6.07) is 17.6. The van der Waals surface area contributed by atoms with Crippen molar-refractivity contribution in [2.45, 2.75) is 12.8 Å². The molecule has 3 aromatic rings. The number of methoxy groups -OCH3 is 1. The number of rotatable bonds is 6. The summed E-state index contributed by atoms with van der Waals surface area (Å²) in [7, 11) is 1.66. The first kappa shape index (κ1) is 20.3. The van der Waals surface area contributed by atoms with Crippen molar-refractivity contribution >= 4 is 23.3 Å². The van der Waals surface area contributed by atoms with Gasteiger partial charge in [0.15, 0.2) is 5.82 Å². The third-order valence-electron chi connectivity index (χ3n) is 5.48. The largest absolute Gasteiger partial charge is 0.496 e. The second-order valence-electron chi connectivity index (χ2n) is 7.33. The van der Waals surface area contributed by atoms with Crippen LogP contribution < -0.4 is 9.64 Å². The second kappa shape index (κ2) is 9.22. The Balaban J connectivity index is 1.30. The van der Waals surface area contributed by atoms with Gasteiger partial charge in [0.1, 0.15) is 5.75 Å². The highest BCUT2D eigenvalue weighted by Gasteiger charge is 2.22. The normalized spacial score (nSPS) is 14.1. The zero-order valence-electron chi connectivity index (χ0n) is 17.0. The van der Waals surface area contributed by atoms with Gasteiger partial charge in [-0.05, 0) is 35.7 Å². The summed E-state index contributed by atoms with van der Waals surface area (Å²) >= 11 is 5.97. The second-order valence-corrected chi connectivity index (χ2v) is 7.76. The Bertz CT molecular complexity index is 994. The molecule has 0 spiro atoms. The highest BCUT2D eigenvalue weighted by molar-refractivity contribution is 6.30. The quantitative estimate of drug-likeness (QED) is 0.649. The molecule has 0 saturated carbocycles.